The number of hydrogen-bond donors (Lipinski definition) is 1. The largest absolute Gasteiger partial charge is 0.464 e. The van der Waals surface area contributed by atoms with Crippen molar-refractivity contribution >= 4 is 0 Å². The predicted octanol–water partition coefficient (Wildman–Crippen LogP) is 3.08. The summed E-state index contributed by atoms with van der Waals surface area (Å²) in [5.74, 6) is 1.80. The van der Waals surface area contributed by atoms with Crippen LogP contribution >= 0.6 is 0 Å². The Kier molecular flexibility index (Phi) is 4.77. The number of rotatable bonds is 6. The summed E-state index contributed by atoms with van der Waals surface area (Å²) >= 11 is 0. The number of ether oxygens (including phenoxy) is 1. The molecular weight excluding hydrogens is 238 g/mol. The van der Waals surface area contributed by atoms with Gasteiger partial charge in [0.25, 0.3) is 0 Å². The Morgan fingerprint density at radius 3 is 2.47 bits per heavy atom. The molecule has 2 rings (SSSR count). The van der Waals surface area contributed by atoms with Crippen LogP contribution in [0.5, 0.6) is 0 Å². The lowest BCUT2D eigenvalue weighted by molar-refractivity contribution is 0.202. The number of benzene rings is 1. The fraction of sp³-hybridized carbons (Fsp3) is 0.375. The molecule has 1 heterocycles. The highest BCUT2D eigenvalue weighted by atomic mass is 16.5. The van der Waals surface area contributed by atoms with Crippen molar-refractivity contribution in [1.82, 2.24) is 0 Å². The van der Waals surface area contributed by atoms with Gasteiger partial charge in [-0.15, -0.1) is 0 Å². The summed E-state index contributed by atoms with van der Waals surface area (Å²) in [6.45, 7) is 2.81. The zero-order valence-electron chi connectivity index (χ0n) is 11.6. The van der Waals surface area contributed by atoms with Crippen molar-refractivity contribution in [2.75, 3.05) is 13.7 Å². The molecule has 1 unspecified atom stereocenters. The van der Waals surface area contributed by atoms with E-state index >= 15 is 0 Å². The Balaban J connectivity index is 2.08. The molecule has 2 N–H and O–H groups in total. The van der Waals surface area contributed by atoms with Gasteiger partial charge in [-0.1, -0.05) is 31.2 Å². The molecule has 0 saturated heterocycles. The van der Waals surface area contributed by atoms with Crippen molar-refractivity contribution in [3.05, 3.63) is 59.0 Å². The summed E-state index contributed by atoms with van der Waals surface area (Å²) in [6.07, 6.45) is 1.81. The Hall–Kier alpha value is -1.58. The van der Waals surface area contributed by atoms with E-state index in [0.717, 1.165) is 36.5 Å². The average Bonchev–Trinajstić information content (AvgIpc) is 2.94. The van der Waals surface area contributed by atoms with Crippen LogP contribution in [-0.4, -0.2) is 13.7 Å². The Morgan fingerprint density at radius 1 is 1.16 bits per heavy atom. The van der Waals surface area contributed by atoms with Crippen molar-refractivity contribution in [3.8, 4) is 0 Å². The van der Waals surface area contributed by atoms with Crippen LogP contribution in [0.2, 0.25) is 0 Å². The SMILES string of the molecule is CCc1ccc(C(N)c2ccc(CCOC)cc2)o1. The lowest BCUT2D eigenvalue weighted by Crippen LogP contribution is -2.11. The number of hydrogen-bond acceptors (Lipinski definition) is 3. The number of aryl methyl sites for hydroxylation is 1. The van der Waals surface area contributed by atoms with Crippen LogP contribution in [0.3, 0.4) is 0 Å². The minimum Gasteiger partial charge on any atom is -0.464 e. The van der Waals surface area contributed by atoms with E-state index in [1.807, 2.05) is 12.1 Å². The van der Waals surface area contributed by atoms with Gasteiger partial charge in [0, 0.05) is 13.5 Å². The predicted molar refractivity (Wildman–Crippen MR) is 76.1 cm³/mol. The molecular formula is C16H21NO2. The second kappa shape index (κ2) is 6.55. The molecule has 0 aliphatic carbocycles. The first-order chi connectivity index (χ1) is 9.24. The molecule has 2 aromatic rings. The fourth-order valence-electron chi connectivity index (χ4n) is 2.03. The van der Waals surface area contributed by atoms with Gasteiger partial charge in [-0.25, -0.2) is 0 Å². The first kappa shape index (κ1) is 13.8. The van der Waals surface area contributed by atoms with Crippen molar-refractivity contribution in [2.45, 2.75) is 25.8 Å². The first-order valence-corrected chi connectivity index (χ1v) is 6.66. The van der Waals surface area contributed by atoms with Gasteiger partial charge in [0.2, 0.25) is 0 Å². The van der Waals surface area contributed by atoms with Crippen LogP contribution in [0.15, 0.2) is 40.8 Å². The van der Waals surface area contributed by atoms with Gasteiger partial charge in [-0.2, -0.15) is 0 Å². The molecule has 1 aromatic heterocycles. The van der Waals surface area contributed by atoms with Crippen LogP contribution in [0.1, 0.15) is 35.6 Å². The average molecular weight is 259 g/mol. The third-order valence-electron chi connectivity index (χ3n) is 3.27. The van der Waals surface area contributed by atoms with Gasteiger partial charge in [0.15, 0.2) is 0 Å². The summed E-state index contributed by atoms with van der Waals surface area (Å²) in [5, 5.41) is 0. The molecule has 1 atom stereocenters. The van der Waals surface area contributed by atoms with Crippen molar-refractivity contribution < 1.29 is 9.15 Å². The van der Waals surface area contributed by atoms with Gasteiger partial charge >= 0.3 is 0 Å². The van der Waals surface area contributed by atoms with E-state index in [2.05, 4.69) is 31.2 Å². The lowest BCUT2D eigenvalue weighted by Gasteiger charge is -2.10. The molecule has 0 bridgehead atoms. The van der Waals surface area contributed by atoms with E-state index in [1.54, 1.807) is 7.11 Å². The van der Waals surface area contributed by atoms with E-state index in [9.17, 15) is 0 Å². The van der Waals surface area contributed by atoms with E-state index < -0.39 is 0 Å². The highest BCUT2D eigenvalue weighted by molar-refractivity contribution is 5.30. The minimum absolute atomic E-state index is 0.197. The highest BCUT2D eigenvalue weighted by Gasteiger charge is 2.12. The van der Waals surface area contributed by atoms with E-state index in [1.165, 1.54) is 5.56 Å². The second-order valence-corrected chi connectivity index (χ2v) is 4.62. The summed E-state index contributed by atoms with van der Waals surface area (Å²) in [6, 6.07) is 12.1. The van der Waals surface area contributed by atoms with Gasteiger partial charge in [-0.05, 0) is 29.7 Å². The standard InChI is InChI=1S/C16H21NO2/c1-3-14-8-9-15(19-14)16(17)13-6-4-12(5-7-13)10-11-18-2/h4-9,16H,3,10-11,17H2,1-2H3. The second-order valence-electron chi connectivity index (χ2n) is 4.62. The molecule has 0 radical (unpaired) electrons. The van der Waals surface area contributed by atoms with Gasteiger partial charge in [-0.3, -0.25) is 0 Å². The third kappa shape index (κ3) is 3.46. The molecule has 0 fully saturated rings. The van der Waals surface area contributed by atoms with E-state index in [4.69, 9.17) is 14.9 Å². The van der Waals surface area contributed by atoms with Crippen LogP contribution < -0.4 is 5.73 Å². The van der Waals surface area contributed by atoms with Crippen LogP contribution in [0.4, 0.5) is 0 Å². The number of methoxy groups -OCH3 is 1. The Bertz CT molecular complexity index is 502. The molecule has 0 amide bonds. The molecule has 19 heavy (non-hydrogen) atoms. The maximum absolute atomic E-state index is 6.22. The highest BCUT2D eigenvalue weighted by Crippen LogP contribution is 2.22. The fourth-order valence-corrected chi connectivity index (χ4v) is 2.03. The Morgan fingerprint density at radius 2 is 1.89 bits per heavy atom. The van der Waals surface area contributed by atoms with Crippen molar-refractivity contribution in [3.63, 3.8) is 0 Å². The van der Waals surface area contributed by atoms with Crippen molar-refractivity contribution in [1.29, 1.82) is 0 Å². The van der Waals surface area contributed by atoms with Crippen LogP contribution in [-0.2, 0) is 17.6 Å². The summed E-state index contributed by atoms with van der Waals surface area (Å²) in [7, 11) is 1.71. The minimum atomic E-state index is -0.197. The number of nitrogens with two attached hydrogens (primary N) is 1. The molecule has 0 saturated carbocycles. The van der Waals surface area contributed by atoms with Crippen LogP contribution in [0, 0.1) is 0 Å². The summed E-state index contributed by atoms with van der Waals surface area (Å²) < 4.78 is 10.8. The number of furan rings is 1. The summed E-state index contributed by atoms with van der Waals surface area (Å²) in [5.41, 5.74) is 8.54. The third-order valence-corrected chi connectivity index (χ3v) is 3.27. The lowest BCUT2D eigenvalue weighted by atomic mass is 10.0. The molecule has 0 spiro atoms. The van der Waals surface area contributed by atoms with E-state index in [0.29, 0.717) is 0 Å². The first-order valence-electron chi connectivity index (χ1n) is 6.66. The molecule has 1 aromatic carbocycles. The smallest absolute Gasteiger partial charge is 0.125 e. The maximum atomic E-state index is 6.22. The molecule has 102 valence electrons. The monoisotopic (exact) mass is 259 g/mol. The topological polar surface area (TPSA) is 48.4 Å². The summed E-state index contributed by atoms with van der Waals surface area (Å²) in [4.78, 5) is 0. The quantitative estimate of drug-likeness (QED) is 0.867. The van der Waals surface area contributed by atoms with Gasteiger partial charge < -0.3 is 14.9 Å². The van der Waals surface area contributed by atoms with E-state index in [-0.39, 0.29) is 6.04 Å². The zero-order chi connectivity index (χ0) is 13.7. The maximum Gasteiger partial charge on any atom is 0.125 e. The molecule has 0 aliphatic heterocycles. The van der Waals surface area contributed by atoms with Gasteiger partial charge in [0.05, 0.1) is 12.6 Å². The van der Waals surface area contributed by atoms with Crippen molar-refractivity contribution in [2.24, 2.45) is 5.73 Å². The van der Waals surface area contributed by atoms with Crippen LogP contribution in [0.25, 0.3) is 0 Å². The normalized spacial score (nSPS) is 12.6. The molecule has 0 aliphatic rings. The molecule has 3 nitrogen and oxygen atoms in total. The molecule has 3 heteroatoms. The zero-order valence-corrected chi connectivity index (χ0v) is 11.6. The van der Waals surface area contributed by atoms with Gasteiger partial charge in [0.1, 0.15) is 11.5 Å². The Labute approximate surface area is 114 Å².